The lowest BCUT2D eigenvalue weighted by Crippen LogP contribution is -2.20. The minimum Gasteiger partial charge on any atom is -0.496 e. The van der Waals surface area contributed by atoms with Crippen molar-refractivity contribution in [3.8, 4) is 17.2 Å². The molecule has 0 N–H and O–H groups in total. The number of pyridine rings is 1. The van der Waals surface area contributed by atoms with E-state index in [4.69, 9.17) is 14.2 Å². The number of carbonyl (C=O) groups excluding carboxylic acids is 1. The fourth-order valence-corrected chi connectivity index (χ4v) is 2.31. The van der Waals surface area contributed by atoms with Crippen molar-refractivity contribution in [3.63, 3.8) is 0 Å². The van der Waals surface area contributed by atoms with Gasteiger partial charge in [-0.1, -0.05) is 6.07 Å². The van der Waals surface area contributed by atoms with Gasteiger partial charge in [0.2, 0.25) is 0 Å². The van der Waals surface area contributed by atoms with Gasteiger partial charge in [0.1, 0.15) is 29.4 Å². The highest BCUT2D eigenvalue weighted by Gasteiger charge is 2.28. The molecule has 3 rings (SSSR count). The zero-order chi connectivity index (χ0) is 15.5. The summed E-state index contributed by atoms with van der Waals surface area (Å²) >= 11 is 0. The van der Waals surface area contributed by atoms with Crippen molar-refractivity contribution in [2.24, 2.45) is 0 Å². The smallest absolute Gasteiger partial charge is 0.200 e. The SMILES string of the molecule is COc1cc(OC)c2c(c1)OC/C(=C\c1ccccn1)C2=O. The predicted molar refractivity (Wildman–Crippen MR) is 81.6 cm³/mol. The molecule has 0 saturated heterocycles. The van der Waals surface area contributed by atoms with Crippen molar-refractivity contribution in [1.82, 2.24) is 4.98 Å². The van der Waals surface area contributed by atoms with Crippen LogP contribution in [-0.2, 0) is 0 Å². The molecule has 0 radical (unpaired) electrons. The second-order valence-electron chi connectivity index (χ2n) is 4.74. The van der Waals surface area contributed by atoms with Gasteiger partial charge in [0, 0.05) is 23.9 Å². The van der Waals surface area contributed by atoms with E-state index in [2.05, 4.69) is 4.98 Å². The molecule has 5 nitrogen and oxygen atoms in total. The van der Waals surface area contributed by atoms with E-state index in [-0.39, 0.29) is 12.4 Å². The van der Waals surface area contributed by atoms with Crippen molar-refractivity contribution in [3.05, 3.63) is 53.4 Å². The first-order valence-electron chi connectivity index (χ1n) is 6.78. The molecule has 2 aromatic rings. The largest absolute Gasteiger partial charge is 0.496 e. The van der Waals surface area contributed by atoms with Crippen LogP contribution in [0.1, 0.15) is 16.1 Å². The zero-order valence-corrected chi connectivity index (χ0v) is 12.3. The Kier molecular flexibility index (Phi) is 3.78. The van der Waals surface area contributed by atoms with Crippen LogP contribution >= 0.6 is 0 Å². The lowest BCUT2D eigenvalue weighted by atomic mass is 9.98. The summed E-state index contributed by atoms with van der Waals surface area (Å²) in [6, 6.07) is 8.89. The van der Waals surface area contributed by atoms with Crippen LogP contribution in [0, 0.1) is 0 Å². The van der Waals surface area contributed by atoms with Gasteiger partial charge in [-0.3, -0.25) is 9.78 Å². The Labute approximate surface area is 128 Å². The van der Waals surface area contributed by atoms with Crippen molar-refractivity contribution < 1.29 is 19.0 Å². The van der Waals surface area contributed by atoms with E-state index >= 15 is 0 Å². The number of Topliss-reactive ketones (excluding diaryl/α,β-unsaturated/α-hetero) is 1. The molecular formula is C17H15NO4. The fourth-order valence-electron chi connectivity index (χ4n) is 2.31. The Morgan fingerprint density at radius 1 is 1.23 bits per heavy atom. The summed E-state index contributed by atoms with van der Waals surface area (Å²) in [5.41, 5.74) is 1.66. The van der Waals surface area contributed by atoms with Gasteiger partial charge in [-0.2, -0.15) is 0 Å². The van der Waals surface area contributed by atoms with Gasteiger partial charge in [-0.05, 0) is 18.2 Å². The van der Waals surface area contributed by atoms with Crippen molar-refractivity contribution in [2.45, 2.75) is 0 Å². The fraction of sp³-hybridized carbons (Fsp3) is 0.176. The topological polar surface area (TPSA) is 57.6 Å². The summed E-state index contributed by atoms with van der Waals surface area (Å²) in [4.78, 5) is 16.9. The number of nitrogens with zero attached hydrogens (tertiary/aromatic N) is 1. The Balaban J connectivity index is 2.04. The normalized spacial score (nSPS) is 15.2. The van der Waals surface area contributed by atoms with Gasteiger partial charge in [0.15, 0.2) is 5.78 Å². The van der Waals surface area contributed by atoms with Gasteiger partial charge >= 0.3 is 0 Å². The van der Waals surface area contributed by atoms with E-state index < -0.39 is 0 Å². The maximum atomic E-state index is 12.7. The van der Waals surface area contributed by atoms with Crippen LogP contribution < -0.4 is 14.2 Å². The Hall–Kier alpha value is -2.82. The van der Waals surface area contributed by atoms with Crippen LogP contribution in [0.25, 0.3) is 6.08 Å². The molecule has 1 aliphatic rings. The van der Waals surface area contributed by atoms with Crippen LogP contribution in [-0.4, -0.2) is 31.6 Å². The van der Waals surface area contributed by atoms with E-state index in [9.17, 15) is 4.79 Å². The summed E-state index contributed by atoms with van der Waals surface area (Å²) < 4.78 is 16.2. The van der Waals surface area contributed by atoms with E-state index in [0.29, 0.717) is 34.1 Å². The number of benzene rings is 1. The number of rotatable bonds is 3. The third kappa shape index (κ3) is 2.53. The molecule has 0 saturated carbocycles. The van der Waals surface area contributed by atoms with Crippen molar-refractivity contribution >= 4 is 11.9 Å². The van der Waals surface area contributed by atoms with Gasteiger partial charge in [0.25, 0.3) is 0 Å². The molecule has 0 atom stereocenters. The Morgan fingerprint density at radius 3 is 2.77 bits per heavy atom. The molecule has 0 spiro atoms. The van der Waals surface area contributed by atoms with Gasteiger partial charge < -0.3 is 14.2 Å². The van der Waals surface area contributed by atoms with E-state index in [0.717, 1.165) is 0 Å². The second kappa shape index (κ2) is 5.89. The van der Waals surface area contributed by atoms with Crippen molar-refractivity contribution in [2.75, 3.05) is 20.8 Å². The molecule has 0 fully saturated rings. The molecule has 22 heavy (non-hydrogen) atoms. The van der Waals surface area contributed by atoms with Gasteiger partial charge in [-0.15, -0.1) is 0 Å². The summed E-state index contributed by atoms with van der Waals surface area (Å²) in [6.07, 6.45) is 3.41. The average Bonchev–Trinajstić information content (AvgIpc) is 2.57. The monoisotopic (exact) mass is 297 g/mol. The van der Waals surface area contributed by atoms with Gasteiger partial charge in [-0.25, -0.2) is 0 Å². The summed E-state index contributed by atoms with van der Waals surface area (Å²) in [5.74, 6) is 1.37. The summed E-state index contributed by atoms with van der Waals surface area (Å²) in [7, 11) is 3.07. The third-order valence-electron chi connectivity index (χ3n) is 3.41. The molecule has 1 aliphatic heterocycles. The molecular weight excluding hydrogens is 282 g/mol. The van der Waals surface area contributed by atoms with E-state index in [1.165, 1.54) is 7.11 Å². The maximum Gasteiger partial charge on any atom is 0.200 e. The van der Waals surface area contributed by atoms with Crippen LogP contribution in [0.4, 0.5) is 0 Å². The molecule has 0 aliphatic carbocycles. The number of carbonyl (C=O) groups is 1. The highest BCUT2D eigenvalue weighted by atomic mass is 16.5. The number of hydrogen-bond acceptors (Lipinski definition) is 5. The highest BCUT2D eigenvalue weighted by molar-refractivity contribution is 6.15. The van der Waals surface area contributed by atoms with Crippen LogP contribution in [0.2, 0.25) is 0 Å². The number of hydrogen-bond donors (Lipinski definition) is 0. The van der Waals surface area contributed by atoms with Crippen molar-refractivity contribution in [1.29, 1.82) is 0 Å². The van der Waals surface area contributed by atoms with Crippen LogP contribution in [0.3, 0.4) is 0 Å². The van der Waals surface area contributed by atoms with E-state index in [1.807, 2.05) is 18.2 Å². The molecule has 112 valence electrons. The molecule has 0 amide bonds. The van der Waals surface area contributed by atoms with Crippen LogP contribution in [0.15, 0.2) is 42.1 Å². The number of ether oxygens (including phenoxy) is 3. The molecule has 1 aromatic heterocycles. The molecule has 0 bridgehead atoms. The zero-order valence-electron chi connectivity index (χ0n) is 12.3. The highest BCUT2D eigenvalue weighted by Crippen LogP contribution is 2.38. The number of ketones is 1. The minimum absolute atomic E-state index is 0.119. The quantitative estimate of drug-likeness (QED) is 0.815. The number of fused-ring (bicyclic) bond motifs is 1. The molecule has 5 heteroatoms. The predicted octanol–water partition coefficient (Wildman–Crippen LogP) is 2.76. The number of methoxy groups -OCH3 is 2. The lowest BCUT2D eigenvalue weighted by molar-refractivity contribution is 0.0997. The first-order valence-corrected chi connectivity index (χ1v) is 6.78. The lowest BCUT2D eigenvalue weighted by Gasteiger charge is -2.21. The average molecular weight is 297 g/mol. The molecule has 1 aromatic carbocycles. The second-order valence-corrected chi connectivity index (χ2v) is 4.74. The molecule has 0 unspecified atom stereocenters. The molecule has 2 heterocycles. The first kappa shape index (κ1) is 14.1. The first-order chi connectivity index (χ1) is 10.7. The Bertz CT molecular complexity index is 721. The maximum absolute atomic E-state index is 12.7. The third-order valence-corrected chi connectivity index (χ3v) is 3.41. The Morgan fingerprint density at radius 2 is 2.09 bits per heavy atom. The van der Waals surface area contributed by atoms with Gasteiger partial charge in [0.05, 0.1) is 19.9 Å². The standard InChI is InChI=1S/C17H15NO4/c1-20-13-8-14(21-2)16-15(9-13)22-10-11(17(16)19)7-12-5-3-4-6-18-12/h3-9H,10H2,1-2H3/b11-7+. The summed E-state index contributed by atoms with van der Waals surface area (Å²) in [6.45, 7) is 0.193. The minimum atomic E-state index is -0.119. The van der Waals surface area contributed by atoms with Crippen LogP contribution in [0.5, 0.6) is 17.2 Å². The van der Waals surface area contributed by atoms with E-state index in [1.54, 1.807) is 31.5 Å². The number of aromatic nitrogens is 1. The summed E-state index contributed by atoms with van der Waals surface area (Å²) in [5, 5.41) is 0.